The Hall–Kier alpha value is -1.20. The van der Waals surface area contributed by atoms with E-state index in [-0.39, 0.29) is 5.95 Å². The normalized spacial score (nSPS) is 27.3. The Morgan fingerprint density at radius 2 is 1.87 bits per heavy atom. The van der Waals surface area contributed by atoms with Crippen molar-refractivity contribution in [1.82, 2.24) is 9.88 Å². The standard InChI is InChI=1S/C18H28FN3O/c1-14-12-21(13-15(2)23-14)9-6-16-7-10-22(11-8-16)18-5-3-4-17(19)20-18/h3-5,14-16H,6-13H2,1-2H3. The number of anilines is 1. The summed E-state index contributed by atoms with van der Waals surface area (Å²) in [5.41, 5.74) is 0. The van der Waals surface area contributed by atoms with Gasteiger partial charge in [0.15, 0.2) is 0 Å². The van der Waals surface area contributed by atoms with E-state index in [0.29, 0.717) is 12.2 Å². The Morgan fingerprint density at radius 3 is 2.52 bits per heavy atom. The molecule has 0 radical (unpaired) electrons. The monoisotopic (exact) mass is 321 g/mol. The lowest BCUT2D eigenvalue weighted by Gasteiger charge is -2.37. The molecule has 5 heteroatoms. The van der Waals surface area contributed by atoms with Gasteiger partial charge in [0, 0.05) is 26.2 Å². The summed E-state index contributed by atoms with van der Waals surface area (Å²) in [6, 6.07) is 5.05. The minimum absolute atomic E-state index is 0.347. The first-order valence-corrected chi connectivity index (χ1v) is 8.85. The Labute approximate surface area is 138 Å². The molecule has 3 rings (SSSR count). The fourth-order valence-electron chi connectivity index (χ4n) is 3.86. The highest BCUT2D eigenvalue weighted by Gasteiger charge is 2.24. The third-order valence-electron chi connectivity index (χ3n) is 4.99. The Morgan fingerprint density at radius 1 is 1.17 bits per heavy atom. The van der Waals surface area contributed by atoms with Crippen LogP contribution in [-0.2, 0) is 4.74 Å². The number of ether oxygens (including phenoxy) is 1. The van der Waals surface area contributed by atoms with E-state index in [1.165, 1.54) is 31.9 Å². The van der Waals surface area contributed by atoms with Gasteiger partial charge in [-0.25, -0.2) is 4.98 Å². The first kappa shape index (κ1) is 16.7. The lowest BCUT2D eigenvalue weighted by atomic mass is 9.93. The topological polar surface area (TPSA) is 28.6 Å². The molecule has 3 heterocycles. The zero-order valence-electron chi connectivity index (χ0n) is 14.2. The lowest BCUT2D eigenvalue weighted by Crippen LogP contribution is -2.46. The Bertz CT molecular complexity index is 495. The predicted molar refractivity (Wildman–Crippen MR) is 90.2 cm³/mol. The highest BCUT2D eigenvalue weighted by Crippen LogP contribution is 2.25. The number of nitrogens with zero attached hydrogens (tertiary/aromatic N) is 3. The maximum Gasteiger partial charge on any atom is 0.214 e. The predicted octanol–water partition coefficient (Wildman–Crippen LogP) is 2.94. The summed E-state index contributed by atoms with van der Waals surface area (Å²) < 4.78 is 19.0. The second-order valence-electron chi connectivity index (χ2n) is 7.05. The van der Waals surface area contributed by atoms with Crippen LogP contribution in [0.2, 0.25) is 0 Å². The van der Waals surface area contributed by atoms with Crippen LogP contribution < -0.4 is 4.90 Å². The van der Waals surface area contributed by atoms with E-state index in [1.54, 1.807) is 6.07 Å². The van der Waals surface area contributed by atoms with Crippen molar-refractivity contribution in [3.8, 4) is 0 Å². The highest BCUT2D eigenvalue weighted by atomic mass is 19.1. The average molecular weight is 321 g/mol. The number of aromatic nitrogens is 1. The van der Waals surface area contributed by atoms with Crippen molar-refractivity contribution in [2.24, 2.45) is 5.92 Å². The quantitative estimate of drug-likeness (QED) is 0.797. The fraction of sp³-hybridized carbons (Fsp3) is 0.722. The summed E-state index contributed by atoms with van der Waals surface area (Å²) in [6.45, 7) is 9.56. The second-order valence-corrected chi connectivity index (χ2v) is 7.05. The van der Waals surface area contributed by atoms with Crippen LogP contribution in [0.4, 0.5) is 10.2 Å². The number of piperidine rings is 1. The molecule has 0 bridgehead atoms. The molecular formula is C18H28FN3O. The van der Waals surface area contributed by atoms with Crippen molar-refractivity contribution in [2.45, 2.75) is 45.3 Å². The molecule has 128 valence electrons. The summed E-state index contributed by atoms with van der Waals surface area (Å²) in [6.07, 6.45) is 4.30. The van der Waals surface area contributed by atoms with Crippen LogP contribution in [-0.4, -0.2) is 54.8 Å². The summed E-state index contributed by atoms with van der Waals surface area (Å²) in [4.78, 5) is 8.74. The van der Waals surface area contributed by atoms with Crippen LogP contribution in [0.25, 0.3) is 0 Å². The van der Waals surface area contributed by atoms with Gasteiger partial charge in [0.25, 0.3) is 0 Å². The zero-order chi connectivity index (χ0) is 16.2. The molecule has 2 saturated heterocycles. The van der Waals surface area contributed by atoms with E-state index in [0.717, 1.165) is 37.9 Å². The van der Waals surface area contributed by atoms with E-state index in [1.807, 2.05) is 6.07 Å². The maximum absolute atomic E-state index is 13.2. The molecule has 0 amide bonds. The summed E-state index contributed by atoms with van der Waals surface area (Å²) in [5.74, 6) is 1.16. The number of pyridine rings is 1. The molecular weight excluding hydrogens is 293 g/mol. The first-order valence-electron chi connectivity index (χ1n) is 8.85. The van der Waals surface area contributed by atoms with Crippen LogP contribution in [0.5, 0.6) is 0 Å². The number of rotatable bonds is 4. The van der Waals surface area contributed by atoms with E-state index in [2.05, 4.69) is 28.6 Å². The second kappa shape index (κ2) is 7.58. The smallest absolute Gasteiger partial charge is 0.214 e. The molecule has 0 aromatic carbocycles. The summed E-state index contributed by atoms with van der Waals surface area (Å²) in [5, 5.41) is 0. The first-order chi connectivity index (χ1) is 11.1. The lowest BCUT2D eigenvalue weighted by molar-refractivity contribution is -0.0690. The van der Waals surface area contributed by atoms with Crippen LogP contribution in [0, 0.1) is 11.9 Å². The van der Waals surface area contributed by atoms with Crippen LogP contribution in [0.1, 0.15) is 33.1 Å². The van der Waals surface area contributed by atoms with Crippen molar-refractivity contribution in [2.75, 3.05) is 37.6 Å². The van der Waals surface area contributed by atoms with Gasteiger partial charge in [-0.2, -0.15) is 4.39 Å². The Balaban J connectivity index is 1.42. The van der Waals surface area contributed by atoms with Crippen LogP contribution in [0.3, 0.4) is 0 Å². The molecule has 0 spiro atoms. The number of hydrogen-bond donors (Lipinski definition) is 0. The third-order valence-corrected chi connectivity index (χ3v) is 4.99. The van der Waals surface area contributed by atoms with Gasteiger partial charge in [-0.3, -0.25) is 4.90 Å². The summed E-state index contributed by atoms with van der Waals surface area (Å²) in [7, 11) is 0. The molecule has 0 saturated carbocycles. The van der Waals surface area contributed by atoms with Gasteiger partial charge in [-0.15, -0.1) is 0 Å². The minimum Gasteiger partial charge on any atom is -0.373 e. The molecule has 1 aromatic rings. The van der Waals surface area contributed by atoms with E-state index < -0.39 is 0 Å². The van der Waals surface area contributed by atoms with Gasteiger partial charge in [-0.05, 0) is 57.7 Å². The zero-order valence-corrected chi connectivity index (χ0v) is 14.2. The van der Waals surface area contributed by atoms with E-state index in [9.17, 15) is 4.39 Å². The molecule has 4 nitrogen and oxygen atoms in total. The molecule has 2 aliphatic rings. The van der Waals surface area contributed by atoms with Gasteiger partial charge in [0.2, 0.25) is 5.95 Å². The highest BCUT2D eigenvalue weighted by molar-refractivity contribution is 5.38. The molecule has 2 fully saturated rings. The van der Waals surface area contributed by atoms with Crippen molar-refractivity contribution in [3.05, 3.63) is 24.1 Å². The van der Waals surface area contributed by atoms with Crippen molar-refractivity contribution in [1.29, 1.82) is 0 Å². The molecule has 23 heavy (non-hydrogen) atoms. The minimum atomic E-state index is -0.389. The number of morpholine rings is 1. The molecule has 0 N–H and O–H groups in total. The average Bonchev–Trinajstić information content (AvgIpc) is 2.52. The van der Waals surface area contributed by atoms with Gasteiger partial charge in [0.1, 0.15) is 5.82 Å². The van der Waals surface area contributed by atoms with E-state index in [4.69, 9.17) is 4.74 Å². The van der Waals surface area contributed by atoms with Gasteiger partial charge in [-0.1, -0.05) is 6.07 Å². The van der Waals surface area contributed by atoms with Gasteiger partial charge >= 0.3 is 0 Å². The van der Waals surface area contributed by atoms with Gasteiger partial charge in [0.05, 0.1) is 12.2 Å². The van der Waals surface area contributed by atoms with Crippen LogP contribution >= 0.6 is 0 Å². The molecule has 1 aromatic heterocycles. The molecule has 2 atom stereocenters. The largest absolute Gasteiger partial charge is 0.373 e. The van der Waals surface area contributed by atoms with Gasteiger partial charge < -0.3 is 9.64 Å². The van der Waals surface area contributed by atoms with Crippen LogP contribution in [0.15, 0.2) is 18.2 Å². The number of hydrogen-bond acceptors (Lipinski definition) is 4. The van der Waals surface area contributed by atoms with Crippen molar-refractivity contribution >= 4 is 5.82 Å². The Kier molecular flexibility index (Phi) is 5.49. The number of halogens is 1. The van der Waals surface area contributed by atoms with Crippen molar-refractivity contribution < 1.29 is 9.13 Å². The van der Waals surface area contributed by atoms with Crippen molar-refractivity contribution in [3.63, 3.8) is 0 Å². The third kappa shape index (κ3) is 4.64. The maximum atomic E-state index is 13.2. The SMILES string of the molecule is CC1CN(CCC2CCN(c3cccc(F)n3)CC2)CC(C)O1. The molecule has 2 aliphatic heterocycles. The van der Waals surface area contributed by atoms with E-state index >= 15 is 0 Å². The molecule has 0 aliphatic carbocycles. The molecule has 2 unspecified atom stereocenters. The fourth-order valence-corrected chi connectivity index (χ4v) is 3.86. The summed E-state index contributed by atoms with van der Waals surface area (Å²) >= 11 is 0.